The van der Waals surface area contributed by atoms with Crippen molar-refractivity contribution in [1.82, 2.24) is 9.88 Å². The molecular weight excluding hydrogens is 256 g/mol. The maximum atomic E-state index is 12.2. The molecule has 2 heterocycles. The Labute approximate surface area is 118 Å². The van der Waals surface area contributed by atoms with Crippen LogP contribution in [0.25, 0.3) is 0 Å². The number of aryl methyl sites for hydroxylation is 1. The highest BCUT2D eigenvalue weighted by Crippen LogP contribution is 2.20. The van der Waals surface area contributed by atoms with Crippen molar-refractivity contribution in [2.24, 2.45) is 0 Å². The SMILES string of the molecule is CCOC(=O)C1CCCN1C(=O)CCc1cccnc1. The molecule has 0 saturated carbocycles. The lowest BCUT2D eigenvalue weighted by Gasteiger charge is -2.23. The van der Waals surface area contributed by atoms with E-state index in [1.807, 2.05) is 12.1 Å². The zero-order chi connectivity index (χ0) is 14.4. The molecule has 1 atom stereocenters. The molecule has 0 spiro atoms. The van der Waals surface area contributed by atoms with Gasteiger partial charge in [0.05, 0.1) is 6.61 Å². The first kappa shape index (κ1) is 14.5. The molecule has 1 amide bonds. The normalized spacial score (nSPS) is 18.1. The lowest BCUT2D eigenvalue weighted by atomic mass is 10.1. The van der Waals surface area contributed by atoms with Crippen LogP contribution in [0.15, 0.2) is 24.5 Å². The lowest BCUT2D eigenvalue weighted by Crippen LogP contribution is -2.41. The predicted molar refractivity (Wildman–Crippen MR) is 73.9 cm³/mol. The quantitative estimate of drug-likeness (QED) is 0.766. The Kier molecular flexibility index (Phi) is 5.09. The third-order valence-electron chi connectivity index (χ3n) is 3.48. The molecule has 0 aromatic carbocycles. The van der Waals surface area contributed by atoms with E-state index in [0.717, 1.165) is 12.0 Å². The van der Waals surface area contributed by atoms with Gasteiger partial charge in [-0.2, -0.15) is 0 Å². The van der Waals surface area contributed by atoms with Crippen LogP contribution in [0.2, 0.25) is 0 Å². The van der Waals surface area contributed by atoms with Gasteiger partial charge in [0.15, 0.2) is 0 Å². The van der Waals surface area contributed by atoms with E-state index in [9.17, 15) is 9.59 Å². The molecule has 1 aromatic rings. The van der Waals surface area contributed by atoms with Crippen molar-refractivity contribution < 1.29 is 14.3 Å². The van der Waals surface area contributed by atoms with Gasteiger partial charge in [-0.1, -0.05) is 6.07 Å². The van der Waals surface area contributed by atoms with E-state index in [2.05, 4.69) is 4.98 Å². The van der Waals surface area contributed by atoms with Crippen LogP contribution in [0.1, 0.15) is 31.7 Å². The van der Waals surface area contributed by atoms with Gasteiger partial charge in [0.1, 0.15) is 6.04 Å². The maximum Gasteiger partial charge on any atom is 0.328 e. The average Bonchev–Trinajstić information content (AvgIpc) is 2.96. The number of carbonyl (C=O) groups is 2. The standard InChI is InChI=1S/C15H20N2O3/c1-2-20-15(19)13-6-4-10-17(13)14(18)8-7-12-5-3-9-16-11-12/h3,5,9,11,13H,2,4,6-8,10H2,1H3. The summed E-state index contributed by atoms with van der Waals surface area (Å²) in [7, 11) is 0. The van der Waals surface area contributed by atoms with E-state index < -0.39 is 6.04 Å². The third-order valence-corrected chi connectivity index (χ3v) is 3.48. The molecule has 1 fully saturated rings. The van der Waals surface area contributed by atoms with E-state index in [1.165, 1.54) is 0 Å². The summed E-state index contributed by atoms with van der Waals surface area (Å²) in [5, 5.41) is 0. The van der Waals surface area contributed by atoms with Crippen LogP contribution in [0.5, 0.6) is 0 Å². The van der Waals surface area contributed by atoms with Gasteiger partial charge in [0.25, 0.3) is 0 Å². The van der Waals surface area contributed by atoms with Crippen molar-refractivity contribution in [3.63, 3.8) is 0 Å². The highest BCUT2D eigenvalue weighted by molar-refractivity contribution is 5.85. The zero-order valence-corrected chi connectivity index (χ0v) is 11.7. The van der Waals surface area contributed by atoms with E-state index in [0.29, 0.717) is 32.4 Å². The number of amides is 1. The fraction of sp³-hybridized carbons (Fsp3) is 0.533. The molecule has 1 saturated heterocycles. The van der Waals surface area contributed by atoms with Crippen molar-refractivity contribution in [2.75, 3.05) is 13.2 Å². The Morgan fingerprint density at radius 1 is 1.50 bits per heavy atom. The number of rotatable bonds is 5. The number of likely N-dealkylation sites (tertiary alicyclic amines) is 1. The molecule has 0 bridgehead atoms. The Morgan fingerprint density at radius 3 is 3.05 bits per heavy atom. The summed E-state index contributed by atoms with van der Waals surface area (Å²) in [6.45, 7) is 2.78. The van der Waals surface area contributed by atoms with Gasteiger partial charge in [-0.25, -0.2) is 4.79 Å². The number of hydrogen-bond acceptors (Lipinski definition) is 4. The number of ether oxygens (including phenoxy) is 1. The molecular formula is C15H20N2O3. The van der Waals surface area contributed by atoms with Crippen molar-refractivity contribution in [2.45, 2.75) is 38.6 Å². The Morgan fingerprint density at radius 2 is 2.35 bits per heavy atom. The van der Waals surface area contributed by atoms with Gasteiger partial charge in [0, 0.05) is 25.4 Å². The Bertz CT molecular complexity index is 461. The molecule has 1 aliphatic rings. The average molecular weight is 276 g/mol. The summed E-state index contributed by atoms with van der Waals surface area (Å²) in [5.74, 6) is -0.260. The summed E-state index contributed by atoms with van der Waals surface area (Å²) in [5.41, 5.74) is 1.03. The second-order valence-corrected chi connectivity index (χ2v) is 4.86. The van der Waals surface area contributed by atoms with Gasteiger partial charge < -0.3 is 9.64 Å². The zero-order valence-electron chi connectivity index (χ0n) is 11.7. The Hall–Kier alpha value is -1.91. The first-order valence-corrected chi connectivity index (χ1v) is 7.07. The highest BCUT2D eigenvalue weighted by Gasteiger charge is 2.34. The van der Waals surface area contributed by atoms with Crippen LogP contribution in [0.4, 0.5) is 0 Å². The van der Waals surface area contributed by atoms with Crippen LogP contribution >= 0.6 is 0 Å². The van der Waals surface area contributed by atoms with Crippen molar-refractivity contribution in [1.29, 1.82) is 0 Å². The summed E-state index contributed by atoms with van der Waals surface area (Å²) < 4.78 is 5.03. The summed E-state index contributed by atoms with van der Waals surface area (Å²) >= 11 is 0. The second kappa shape index (κ2) is 7.03. The molecule has 20 heavy (non-hydrogen) atoms. The molecule has 1 aromatic heterocycles. The molecule has 0 N–H and O–H groups in total. The van der Waals surface area contributed by atoms with E-state index in [1.54, 1.807) is 24.2 Å². The largest absolute Gasteiger partial charge is 0.464 e. The van der Waals surface area contributed by atoms with Gasteiger partial charge in [-0.05, 0) is 37.8 Å². The van der Waals surface area contributed by atoms with Crippen molar-refractivity contribution in [3.05, 3.63) is 30.1 Å². The molecule has 5 nitrogen and oxygen atoms in total. The van der Waals surface area contributed by atoms with Crippen LogP contribution < -0.4 is 0 Å². The van der Waals surface area contributed by atoms with E-state index >= 15 is 0 Å². The predicted octanol–water partition coefficient (Wildman–Crippen LogP) is 1.57. The molecule has 1 unspecified atom stereocenters. The maximum absolute atomic E-state index is 12.2. The monoisotopic (exact) mass is 276 g/mol. The molecule has 0 radical (unpaired) electrons. The van der Waals surface area contributed by atoms with Crippen LogP contribution in [0.3, 0.4) is 0 Å². The fourth-order valence-electron chi connectivity index (χ4n) is 2.49. The summed E-state index contributed by atoms with van der Waals surface area (Å²) in [6.07, 6.45) is 6.10. The Balaban J connectivity index is 1.89. The number of pyridine rings is 1. The van der Waals surface area contributed by atoms with Crippen LogP contribution in [0, 0.1) is 0 Å². The third kappa shape index (κ3) is 3.56. The minimum Gasteiger partial charge on any atom is -0.464 e. The molecule has 1 aliphatic heterocycles. The molecule has 2 rings (SSSR count). The lowest BCUT2D eigenvalue weighted by molar-refractivity contribution is -0.153. The van der Waals surface area contributed by atoms with Gasteiger partial charge >= 0.3 is 5.97 Å². The fourth-order valence-corrected chi connectivity index (χ4v) is 2.49. The first-order chi connectivity index (χ1) is 9.72. The van der Waals surface area contributed by atoms with Crippen molar-refractivity contribution >= 4 is 11.9 Å². The smallest absolute Gasteiger partial charge is 0.328 e. The number of esters is 1. The van der Waals surface area contributed by atoms with E-state index in [-0.39, 0.29) is 11.9 Å². The number of nitrogens with zero attached hydrogens (tertiary/aromatic N) is 2. The second-order valence-electron chi connectivity index (χ2n) is 4.86. The highest BCUT2D eigenvalue weighted by atomic mass is 16.5. The molecule has 108 valence electrons. The topological polar surface area (TPSA) is 59.5 Å². The van der Waals surface area contributed by atoms with Gasteiger partial charge in [0.2, 0.25) is 5.91 Å². The van der Waals surface area contributed by atoms with Crippen LogP contribution in [-0.2, 0) is 20.7 Å². The summed E-state index contributed by atoms with van der Waals surface area (Å²) in [6, 6.07) is 3.42. The number of carbonyl (C=O) groups excluding carboxylic acids is 2. The summed E-state index contributed by atoms with van der Waals surface area (Å²) in [4.78, 5) is 29.7. The van der Waals surface area contributed by atoms with Crippen molar-refractivity contribution in [3.8, 4) is 0 Å². The van der Waals surface area contributed by atoms with E-state index in [4.69, 9.17) is 4.74 Å². The molecule has 5 heteroatoms. The number of hydrogen-bond donors (Lipinski definition) is 0. The van der Waals surface area contributed by atoms with Crippen LogP contribution in [-0.4, -0.2) is 41.0 Å². The minimum absolute atomic E-state index is 0.0180. The minimum atomic E-state index is -0.392. The van der Waals surface area contributed by atoms with Gasteiger partial charge in [-0.15, -0.1) is 0 Å². The molecule has 0 aliphatic carbocycles. The van der Waals surface area contributed by atoms with Gasteiger partial charge in [-0.3, -0.25) is 9.78 Å². The first-order valence-electron chi connectivity index (χ1n) is 7.07. The number of aromatic nitrogens is 1.